The Labute approximate surface area is 189 Å². The summed E-state index contributed by atoms with van der Waals surface area (Å²) in [5.41, 5.74) is 6.27. The summed E-state index contributed by atoms with van der Waals surface area (Å²) in [4.78, 5) is 43.1. The van der Waals surface area contributed by atoms with Crippen LogP contribution in [0.3, 0.4) is 0 Å². The number of aromatic amines is 1. The molecule has 0 radical (unpaired) electrons. The molecule has 1 aliphatic heterocycles. The monoisotopic (exact) mass is 442 g/mol. The Kier molecular flexibility index (Phi) is 5.18. The van der Waals surface area contributed by atoms with Gasteiger partial charge >= 0.3 is 0 Å². The van der Waals surface area contributed by atoms with Crippen molar-refractivity contribution in [2.45, 2.75) is 18.9 Å². The Morgan fingerprint density at radius 1 is 0.909 bits per heavy atom. The molecule has 8 nitrogen and oxygen atoms in total. The predicted octanol–water partition coefficient (Wildman–Crippen LogP) is 3.09. The van der Waals surface area contributed by atoms with E-state index in [-0.39, 0.29) is 11.3 Å². The number of nitrogens with one attached hydrogen (secondary N) is 3. The van der Waals surface area contributed by atoms with E-state index in [4.69, 9.17) is 0 Å². The average Bonchev–Trinajstić information content (AvgIpc) is 3.50. The number of H-pyrrole nitrogens is 1. The Morgan fingerprint density at radius 3 is 2.52 bits per heavy atom. The molecule has 1 atom stereocenters. The van der Waals surface area contributed by atoms with Gasteiger partial charge in [0.25, 0.3) is 17.7 Å². The summed E-state index contributed by atoms with van der Waals surface area (Å²) in [6.45, 7) is 0.388. The molecule has 1 fully saturated rings. The molecule has 4 N–H and O–H groups in total. The lowest BCUT2D eigenvalue weighted by Gasteiger charge is -2.24. The fourth-order valence-corrected chi connectivity index (χ4v) is 4.39. The van der Waals surface area contributed by atoms with Gasteiger partial charge in [-0.05, 0) is 30.4 Å². The minimum Gasteiger partial charge on any atom is -0.506 e. The number of hydrazine groups is 1. The molecule has 1 unspecified atom stereocenters. The molecule has 4 aromatic rings. The van der Waals surface area contributed by atoms with E-state index in [1.54, 1.807) is 30.5 Å². The molecular formula is C25H22N4O4. The van der Waals surface area contributed by atoms with Gasteiger partial charge < -0.3 is 15.0 Å². The van der Waals surface area contributed by atoms with E-state index in [2.05, 4.69) is 15.8 Å². The maximum Gasteiger partial charge on any atom is 0.271 e. The molecule has 5 rings (SSSR count). The van der Waals surface area contributed by atoms with Gasteiger partial charge in [-0.25, -0.2) is 0 Å². The molecule has 0 saturated carbocycles. The van der Waals surface area contributed by atoms with Crippen LogP contribution >= 0.6 is 0 Å². The number of nitrogens with zero attached hydrogens (tertiary/aromatic N) is 1. The highest BCUT2D eigenvalue weighted by Crippen LogP contribution is 2.31. The second-order valence-electron chi connectivity index (χ2n) is 8.03. The molecule has 3 amide bonds. The number of rotatable bonds is 3. The van der Waals surface area contributed by atoms with Crippen molar-refractivity contribution in [2.24, 2.45) is 0 Å². The van der Waals surface area contributed by atoms with Crippen LogP contribution in [-0.4, -0.2) is 45.3 Å². The molecule has 0 aliphatic carbocycles. The van der Waals surface area contributed by atoms with Gasteiger partial charge in [0, 0.05) is 29.0 Å². The molecular weight excluding hydrogens is 420 g/mol. The molecule has 0 spiro atoms. The van der Waals surface area contributed by atoms with Crippen LogP contribution in [0.4, 0.5) is 0 Å². The lowest BCUT2D eigenvalue weighted by atomic mass is 10.0. The lowest BCUT2D eigenvalue weighted by Crippen LogP contribution is -2.51. The van der Waals surface area contributed by atoms with Crippen molar-refractivity contribution in [3.63, 3.8) is 0 Å². The number of hydrogen-bond donors (Lipinski definition) is 4. The first-order chi connectivity index (χ1) is 16.0. The second kappa shape index (κ2) is 8.31. The Hall–Kier alpha value is -4.33. The Morgan fingerprint density at radius 2 is 1.67 bits per heavy atom. The van der Waals surface area contributed by atoms with E-state index >= 15 is 0 Å². The van der Waals surface area contributed by atoms with E-state index in [0.717, 1.165) is 16.3 Å². The zero-order valence-corrected chi connectivity index (χ0v) is 17.7. The number of benzene rings is 3. The topological polar surface area (TPSA) is 115 Å². The van der Waals surface area contributed by atoms with Crippen molar-refractivity contribution in [1.82, 2.24) is 20.7 Å². The number of phenols is 1. The predicted molar refractivity (Wildman–Crippen MR) is 124 cm³/mol. The molecule has 8 heteroatoms. The van der Waals surface area contributed by atoms with Crippen LogP contribution in [0.15, 0.2) is 66.9 Å². The number of fused-ring (bicyclic) bond motifs is 2. The van der Waals surface area contributed by atoms with Gasteiger partial charge in [0.2, 0.25) is 0 Å². The minimum absolute atomic E-state index is 0.100. The van der Waals surface area contributed by atoms with Crippen LogP contribution < -0.4 is 10.9 Å². The average molecular weight is 442 g/mol. The van der Waals surface area contributed by atoms with Crippen LogP contribution in [0, 0.1) is 0 Å². The number of aromatic nitrogens is 1. The maximum atomic E-state index is 13.2. The number of para-hydroxylation sites is 1. The van der Waals surface area contributed by atoms with Crippen molar-refractivity contribution in [2.75, 3.05) is 6.54 Å². The van der Waals surface area contributed by atoms with Crippen molar-refractivity contribution in [1.29, 1.82) is 0 Å². The molecule has 2 heterocycles. The Balaban J connectivity index is 1.30. The van der Waals surface area contributed by atoms with Gasteiger partial charge in [0.05, 0.1) is 11.1 Å². The molecule has 166 valence electrons. The van der Waals surface area contributed by atoms with Crippen molar-refractivity contribution < 1.29 is 19.5 Å². The summed E-state index contributed by atoms with van der Waals surface area (Å²) in [7, 11) is 0. The lowest BCUT2D eigenvalue weighted by molar-refractivity contribution is -0.125. The van der Waals surface area contributed by atoms with E-state index in [9.17, 15) is 19.5 Å². The van der Waals surface area contributed by atoms with Gasteiger partial charge in [-0.2, -0.15) is 0 Å². The van der Waals surface area contributed by atoms with Crippen LogP contribution in [0.2, 0.25) is 0 Å². The molecule has 1 saturated heterocycles. The zero-order chi connectivity index (χ0) is 22.9. The summed E-state index contributed by atoms with van der Waals surface area (Å²) in [6.07, 6.45) is 2.70. The maximum absolute atomic E-state index is 13.2. The molecule has 1 aromatic heterocycles. The van der Waals surface area contributed by atoms with Crippen LogP contribution in [0.5, 0.6) is 5.75 Å². The quantitative estimate of drug-likeness (QED) is 0.365. The van der Waals surface area contributed by atoms with Crippen LogP contribution in [0.1, 0.15) is 33.6 Å². The van der Waals surface area contributed by atoms with Crippen molar-refractivity contribution >= 4 is 39.4 Å². The number of likely N-dealkylation sites (tertiary alicyclic amines) is 1. The van der Waals surface area contributed by atoms with E-state index < -0.39 is 23.8 Å². The highest BCUT2D eigenvalue weighted by molar-refractivity contribution is 6.08. The number of phenolic OH excluding ortho intramolecular Hbond substituents is 1. The molecule has 33 heavy (non-hydrogen) atoms. The number of carbonyl (C=O) groups is 3. The van der Waals surface area contributed by atoms with Crippen molar-refractivity contribution in [3.05, 3.63) is 78.0 Å². The number of hydrogen-bond acceptors (Lipinski definition) is 4. The van der Waals surface area contributed by atoms with E-state index in [1.807, 2.05) is 36.4 Å². The third-order valence-electron chi connectivity index (χ3n) is 6.08. The fraction of sp³-hybridized carbons (Fsp3) is 0.160. The first-order valence-corrected chi connectivity index (χ1v) is 10.7. The normalized spacial score (nSPS) is 15.6. The number of amides is 3. The zero-order valence-electron chi connectivity index (χ0n) is 17.7. The second-order valence-corrected chi connectivity index (χ2v) is 8.03. The molecule has 1 aliphatic rings. The standard InChI is InChI=1S/C25H22N4O4/c30-22-16-7-2-1-6-15(16)11-12-18(22)25(33)29-13-5-10-21(29)24(32)28-27-23(31)19-14-26-20-9-4-3-8-17(19)20/h1-4,6-9,11-12,14,21,26,30H,5,10,13H2,(H,27,31)(H,28,32). The summed E-state index contributed by atoms with van der Waals surface area (Å²) in [5.74, 6) is -1.45. The van der Waals surface area contributed by atoms with Gasteiger partial charge in [-0.1, -0.05) is 48.5 Å². The van der Waals surface area contributed by atoms with E-state index in [0.29, 0.717) is 30.3 Å². The molecule has 3 aromatic carbocycles. The third kappa shape index (κ3) is 3.65. The van der Waals surface area contributed by atoms with Crippen molar-refractivity contribution in [3.8, 4) is 5.75 Å². The number of aromatic hydroxyl groups is 1. The molecule has 0 bridgehead atoms. The minimum atomic E-state index is -0.744. The van der Waals surface area contributed by atoms with Gasteiger partial charge in [-0.3, -0.25) is 25.2 Å². The first kappa shape index (κ1) is 20.6. The summed E-state index contributed by atoms with van der Waals surface area (Å²) >= 11 is 0. The fourth-order valence-electron chi connectivity index (χ4n) is 4.39. The van der Waals surface area contributed by atoms with Gasteiger partial charge in [-0.15, -0.1) is 0 Å². The summed E-state index contributed by atoms with van der Waals surface area (Å²) < 4.78 is 0. The largest absolute Gasteiger partial charge is 0.506 e. The Bertz CT molecular complexity index is 1390. The third-order valence-corrected chi connectivity index (χ3v) is 6.08. The highest BCUT2D eigenvalue weighted by Gasteiger charge is 2.35. The van der Waals surface area contributed by atoms with Crippen LogP contribution in [-0.2, 0) is 4.79 Å². The van der Waals surface area contributed by atoms with Gasteiger partial charge in [0.15, 0.2) is 0 Å². The van der Waals surface area contributed by atoms with E-state index in [1.165, 1.54) is 4.90 Å². The SMILES string of the molecule is O=C(NNC(=O)C1CCCN1C(=O)c1ccc2ccccc2c1O)c1c[nH]c2ccccc12. The smallest absolute Gasteiger partial charge is 0.271 e. The highest BCUT2D eigenvalue weighted by atomic mass is 16.3. The van der Waals surface area contributed by atoms with Gasteiger partial charge in [0.1, 0.15) is 11.8 Å². The summed E-state index contributed by atoms with van der Waals surface area (Å²) in [5, 5.41) is 12.8. The first-order valence-electron chi connectivity index (χ1n) is 10.7. The number of carbonyl (C=O) groups excluding carboxylic acids is 3. The van der Waals surface area contributed by atoms with Crippen LogP contribution in [0.25, 0.3) is 21.7 Å². The summed E-state index contributed by atoms with van der Waals surface area (Å²) in [6, 6.07) is 17.2.